The Bertz CT molecular complexity index is 863. The van der Waals surface area contributed by atoms with Gasteiger partial charge in [0, 0.05) is 27.3 Å². The van der Waals surface area contributed by atoms with Crippen LogP contribution >= 0.6 is 22.9 Å². The van der Waals surface area contributed by atoms with Crippen molar-refractivity contribution in [2.45, 2.75) is 6.92 Å². The zero-order valence-corrected chi connectivity index (χ0v) is 13.6. The maximum Gasteiger partial charge on any atom is 0.215 e. The molecule has 1 heterocycles. The van der Waals surface area contributed by atoms with Crippen LogP contribution in [-0.4, -0.2) is 10.8 Å². The third-order valence-electron chi connectivity index (χ3n) is 3.14. The fraction of sp³-hybridized carbons (Fsp3) is 0.0588. The highest BCUT2D eigenvalue weighted by Crippen LogP contribution is 2.13. The van der Waals surface area contributed by atoms with E-state index >= 15 is 0 Å². The number of aryl methyl sites for hydroxylation is 1. The van der Waals surface area contributed by atoms with E-state index in [9.17, 15) is 0 Å². The molecule has 5 heteroatoms. The van der Waals surface area contributed by atoms with Crippen molar-refractivity contribution in [2.24, 2.45) is 10.2 Å². The van der Waals surface area contributed by atoms with Crippen LogP contribution in [0.2, 0.25) is 5.02 Å². The molecule has 0 bridgehead atoms. The van der Waals surface area contributed by atoms with Crippen LogP contribution < -0.4 is 4.80 Å². The molecule has 0 unspecified atom stereocenters. The van der Waals surface area contributed by atoms with Crippen LogP contribution in [0.3, 0.4) is 0 Å². The lowest BCUT2D eigenvalue weighted by Crippen LogP contribution is -2.13. The second-order valence-corrected chi connectivity index (χ2v) is 5.94. The van der Waals surface area contributed by atoms with Crippen LogP contribution in [-0.2, 0) is 0 Å². The highest BCUT2D eigenvalue weighted by atomic mass is 35.5. The Balaban J connectivity index is 1.98. The number of benzene rings is 2. The van der Waals surface area contributed by atoms with Crippen molar-refractivity contribution in [3.05, 3.63) is 81.1 Å². The molecule has 0 saturated carbocycles. The van der Waals surface area contributed by atoms with Gasteiger partial charge in [-0.1, -0.05) is 48.0 Å². The van der Waals surface area contributed by atoms with Gasteiger partial charge in [0.2, 0.25) is 4.80 Å². The standard InChI is InChI=1S/C17H14ClN3S/c1-13-12-22-17(21(13)15-8-3-2-4-9-15)20-19-11-14-7-5-6-10-16(14)18/h2-12H,1H3/b19-11+,20-17+. The lowest BCUT2D eigenvalue weighted by Gasteiger charge is -2.04. The Morgan fingerprint density at radius 3 is 2.55 bits per heavy atom. The largest absolute Gasteiger partial charge is 0.288 e. The molecule has 0 aliphatic carbocycles. The Hall–Kier alpha value is -2.17. The lowest BCUT2D eigenvalue weighted by molar-refractivity contribution is 0.927. The first-order valence-electron chi connectivity index (χ1n) is 6.80. The van der Waals surface area contributed by atoms with Crippen LogP contribution in [0.25, 0.3) is 5.69 Å². The fourth-order valence-electron chi connectivity index (χ4n) is 2.07. The van der Waals surface area contributed by atoms with Crippen LogP contribution in [0.4, 0.5) is 0 Å². The molecular formula is C17H14ClN3S. The molecule has 3 rings (SSSR count). The van der Waals surface area contributed by atoms with Crippen molar-refractivity contribution in [1.82, 2.24) is 4.57 Å². The highest BCUT2D eigenvalue weighted by molar-refractivity contribution is 7.07. The van der Waals surface area contributed by atoms with Gasteiger partial charge in [-0.15, -0.1) is 16.4 Å². The van der Waals surface area contributed by atoms with E-state index in [2.05, 4.69) is 39.2 Å². The van der Waals surface area contributed by atoms with Crippen molar-refractivity contribution in [3.63, 3.8) is 0 Å². The molecule has 0 fully saturated rings. The van der Waals surface area contributed by atoms with Gasteiger partial charge < -0.3 is 0 Å². The highest BCUT2D eigenvalue weighted by Gasteiger charge is 2.03. The lowest BCUT2D eigenvalue weighted by atomic mass is 10.2. The molecule has 1 aromatic heterocycles. The number of para-hydroxylation sites is 1. The molecule has 0 aliphatic heterocycles. The first kappa shape index (κ1) is 14.8. The predicted octanol–water partition coefficient (Wildman–Crippen LogP) is 4.44. The van der Waals surface area contributed by atoms with E-state index in [1.807, 2.05) is 42.5 Å². The monoisotopic (exact) mass is 327 g/mol. The van der Waals surface area contributed by atoms with E-state index in [-0.39, 0.29) is 0 Å². The minimum atomic E-state index is 0.666. The van der Waals surface area contributed by atoms with Crippen molar-refractivity contribution < 1.29 is 0 Å². The van der Waals surface area contributed by atoms with Gasteiger partial charge in [0.25, 0.3) is 0 Å². The number of halogens is 1. The van der Waals surface area contributed by atoms with Crippen molar-refractivity contribution in [2.75, 3.05) is 0 Å². The fourth-order valence-corrected chi connectivity index (χ4v) is 3.09. The molecule has 0 aliphatic rings. The quantitative estimate of drug-likeness (QED) is 0.503. The molecule has 0 N–H and O–H groups in total. The molecule has 110 valence electrons. The summed E-state index contributed by atoms with van der Waals surface area (Å²) in [5.41, 5.74) is 3.06. The summed E-state index contributed by atoms with van der Waals surface area (Å²) >= 11 is 7.66. The summed E-state index contributed by atoms with van der Waals surface area (Å²) in [6.45, 7) is 2.06. The molecular weight excluding hydrogens is 314 g/mol. The third kappa shape index (κ3) is 3.18. The minimum absolute atomic E-state index is 0.666. The van der Waals surface area contributed by atoms with Gasteiger partial charge in [0.1, 0.15) is 0 Å². The van der Waals surface area contributed by atoms with Gasteiger partial charge in [-0.3, -0.25) is 4.57 Å². The molecule has 22 heavy (non-hydrogen) atoms. The number of hydrogen-bond donors (Lipinski definition) is 0. The summed E-state index contributed by atoms with van der Waals surface area (Å²) in [7, 11) is 0. The van der Waals surface area contributed by atoms with Crippen LogP contribution in [0.1, 0.15) is 11.3 Å². The maximum absolute atomic E-state index is 6.10. The van der Waals surface area contributed by atoms with Crippen LogP contribution in [0.15, 0.2) is 70.2 Å². The summed E-state index contributed by atoms with van der Waals surface area (Å²) in [5, 5.41) is 11.2. The van der Waals surface area contributed by atoms with Crippen molar-refractivity contribution >= 4 is 29.2 Å². The molecule has 3 aromatic rings. The Morgan fingerprint density at radius 1 is 1.05 bits per heavy atom. The smallest absolute Gasteiger partial charge is 0.215 e. The van der Waals surface area contributed by atoms with Crippen molar-refractivity contribution in [3.8, 4) is 5.69 Å². The predicted molar refractivity (Wildman–Crippen MR) is 93.0 cm³/mol. The average Bonchev–Trinajstić information content (AvgIpc) is 2.91. The third-order valence-corrected chi connectivity index (χ3v) is 4.42. The van der Waals surface area contributed by atoms with Gasteiger partial charge in [0.15, 0.2) is 0 Å². The van der Waals surface area contributed by atoms with Gasteiger partial charge >= 0.3 is 0 Å². The summed E-state index contributed by atoms with van der Waals surface area (Å²) in [5.74, 6) is 0. The second kappa shape index (κ2) is 6.73. The minimum Gasteiger partial charge on any atom is -0.288 e. The first-order chi connectivity index (χ1) is 10.8. The number of rotatable bonds is 3. The zero-order valence-electron chi connectivity index (χ0n) is 12.0. The topological polar surface area (TPSA) is 29.6 Å². The van der Waals surface area contributed by atoms with Gasteiger partial charge in [-0.05, 0) is 25.1 Å². The van der Waals surface area contributed by atoms with E-state index in [1.54, 1.807) is 17.6 Å². The summed E-state index contributed by atoms with van der Waals surface area (Å²) in [6.07, 6.45) is 1.67. The molecule has 0 radical (unpaired) electrons. The summed E-state index contributed by atoms with van der Waals surface area (Å²) < 4.78 is 2.08. The van der Waals surface area contributed by atoms with Gasteiger partial charge in [-0.25, -0.2) is 0 Å². The van der Waals surface area contributed by atoms with E-state index in [4.69, 9.17) is 11.6 Å². The van der Waals surface area contributed by atoms with Gasteiger partial charge in [-0.2, -0.15) is 5.10 Å². The maximum atomic E-state index is 6.10. The zero-order chi connectivity index (χ0) is 15.4. The number of aromatic nitrogens is 1. The normalized spacial score (nSPS) is 12.2. The molecule has 2 aromatic carbocycles. The van der Waals surface area contributed by atoms with E-state index in [1.165, 1.54) is 0 Å². The van der Waals surface area contributed by atoms with E-state index in [0.29, 0.717) is 5.02 Å². The van der Waals surface area contributed by atoms with Crippen molar-refractivity contribution in [1.29, 1.82) is 0 Å². The number of hydrogen-bond acceptors (Lipinski definition) is 3. The van der Waals surface area contributed by atoms with Gasteiger partial charge in [0.05, 0.1) is 6.21 Å². The summed E-state index contributed by atoms with van der Waals surface area (Å²) in [4.78, 5) is 0.826. The second-order valence-electron chi connectivity index (χ2n) is 4.70. The van der Waals surface area contributed by atoms with Crippen LogP contribution in [0.5, 0.6) is 0 Å². The molecule has 0 amide bonds. The first-order valence-corrected chi connectivity index (χ1v) is 8.05. The Labute approximate surface area is 137 Å². The number of thiazole rings is 1. The van der Waals surface area contributed by atoms with E-state index in [0.717, 1.165) is 21.7 Å². The molecule has 0 atom stereocenters. The Morgan fingerprint density at radius 2 is 1.77 bits per heavy atom. The molecule has 0 spiro atoms. The SMILES string of the molecule is Cc1cs/c(=N/N=C/c2ccccc2Cl)n1-c1ccccc1. The Kier molecular flexibility index (Phi) is 4.51. The van der Waals surface area contributed by atoms with Crippen LogP contribution in [0, 0.1) is 6.92 Å². The number of nitrogens with zero attached hydrogens (tertiary/aromatic N) is 3. The summed E-state index contributed by atoms with van der Waals surface area (Å²) in [6, 6.07) is 17.7. The molecule has 0 saturated heterocycles. The molecule has 3 nitrogen and oxygen atoms in total. The average molecular weight is 328 g/mol. The van der Waals surface area contributed by atoms with E-state index < -0.39 is 0 Å².